The largest absolute Gasteiger partial charge is 0.352 e. The van der Waals surface area contributed by atoms with E-state index in [4.69, 9.17) is 16.6 Å². The van der Waals surface area contributed by atoms with Crippen molar-refractivity contribution in [3.8, 4) is 0 Å². The average molecular weight is 428 g/mol. The number of anilines is 1. The number of halogens is 1. The van der Waals surface area contributed by atoms with Gasteiger partial charge in [-0.3, -0.25) is 9.78 Å². The summed E-state index contributed by atoms with van der Waals surface area (Å²) < 4.78 is 4.50. The van der Waals surface area contributed by atoms with Crippen molar-refractivity contribution in [2.45, 2.75) is 25.8 Å². The molecule has 1 amide bonds. The molecule has 1 aliphatic rings. The van der Waals surface area contributed by atoms with Crippen LogP contribution in [0.1, 0.15) is 29.8 Å². The number of hydrogen-bond donors (Lipinski definition) is 1. The van der Waals surface area contributed by atoms with Gasteiger partial charge < -0.3 is 10.2 Å². The van der Waals surface area contributed by atoms with Crippen LogP contribution in [0.15, 0.2) is 48.8 Å². The Labute approximate surface area is 179 Å². The van der Waals surface area contributed by atoms with Crippen LogP contribution >= 0.6 is 23.1 Å². The first-order valence-electron chi connectivity index (χ1n) is 9.66. The molecule has 1 N–H and O–H groups in total. The Kier molecular flexibility index (Phi) is 6.36. The molecule has 0 radical (unpaired) electrons. The molecule has 1 unspecified atom stereocenters. The highest BCUT2D eigenvalue weighted by atomic mass is 35.5. The second-order valence-corrected chi connectivity index (χ2v) is 8.32. The van der Waals surface area contributed by atoms with Gasteiger partial charge in [-0.25, -0.2) is 4.98 Å². The van der Waals surface area contributed by atoms with Gasteiger partial charge in [0.25, 0.3) is 0 Å². The second kappa shape index (κ2) is 9.33. The lowest BCUT2D eigenvalue weighted by atomic mass is 9.97. The third-order valence-corrected chi connectivity index (χ3v) is 6.08. The van der Waals surface area contributed by atoms with E-state index in [0.29, 0.717) is 19.5 Å². The molecule has 150 valence electrons. The third kappa shape index (κ3) is 5.31. The Hall–Kier alpha value is -2.51. The third-order valence-electron chi connectivity index (χ3n) is 5.01. The van der Waals surface area contributed by atoms with Crippen molar-refractivity contribution in [3.63, 3.8) is 0 Å². The molecule has 3 aromatic rings. The minimum atomic E-state index is -0.0331. The van der Waals surface area contributed by atoms with Crippen molar-refractivity contribution in [1.82, 2.24) is 19.7 Å². The fourth-order valence-electron chi connectivity index (χ4n) is 3.43. The molecule has 0 saturated carbocycles. The lowest BCUT2D eigenvalue weighted by molar-refractivity contribution is -0.125. The van der Waals surface area contributed by atoms with Crippen LogP contribution in [0.25, 0.3) is 0 Å². The van der Waals surface area contributed by atoms with Gasteiger partial charge in [0.1, 0.15) is 5.82 Å². The maximum Gasteiger partial charge on any atom is 0.225 e. The number of carbonyl (C=O) groups is 1. The van der Waals surface area contributed by atoms with Crippen molar-refractivity contribution in [1.29, 1.82) is 0 Å². The van der Waals surface area contributed by atoms with Crippen LogP contribution in [-0.4, -0.2) is 33.3 Å². The number of nitrogens with zero attached hydrogens (tertiary/aromatic N) is 4. The van der Waals surface area contributed by atoms with Gasteiger partial charge >= 0.3 is 0 Å². The lowest BCUT2D eigenvalue weighted by Gasteiger charge is -2.31. The van der Waals surface area contributed by atoms with Crippen molar-refractivity contribution < 1.29 is 4.79 Å². The number of nitrogens with one attached hydrogen (secondary N) is 1. The summed E-state index contributed by atoms with van der Waals surface area (Å²) in [6, 6.07) is 11.6. The number of pyridine rings is 1. The average Bonchev–Trinajstić information content (AvgIpc) is 3.23. The Morgan fingerprint density at radius 1 is 1.17 bits per heavy atom. The topological polar surface area (TPSA) is 71.0 Å². The Morgan fingerprint density at radius 2 is 1.97 bits per heavy atom. The van der Waals surface area contributed by atoms with Crippen LogP contribution in [-0.2, 0) is 17.8 Å². The molecule has 1 aliphatic heterocycles. The van der Waals surface area contributed by atoms with Crippen LogP contribution < -0.4 is 10.2 Å². The number of benzene rings is 1. The molecule has 1 aromatic carbocycles. The molecule has 0 spiro atoms. The second-order valence-electron chi connectivity index (χ2n) is 7.15. The maximum absolute atomic E-state index is 12.6. The quantitative estimate of drug-likeness (QED) is 0.649. The monoisotopic (exact) mass is 427 g/mol. The van der Waals surface area contributed by atoms with E-state index in [9.17, 15) is 4.79 Å². The molecule has 1 atom stereocenters. The van der Waals surface area contributed by atoms with Crippen molar-refractivity contribution in [2.75, 3.05) is 18.0 Å². The van der Waals surface area contributed by atoms with Gasteiger partial charge in [0.15, 0.2) is 0 Å². The minimum absolute atomic E-state index is 0.0331. The maximum atomic E-state index is 12.6. The van der Waals surface area contributed by atoms with Gasteiger partial charge in [0.2, 0.25) is 11.0 Å². The first-order valence-corrected chi connectivity index (χ1v) is 10.8. The van der Waals surface area contributed by atoms with E-state index in [-0.39, 0.29) is 11.8 Å². The van der Waals surface area contributed by atoms with Gasteiger partial charge in [0.05, 0.1) is 5.92 Å². The molecule has 1 fully saturated rings. The summed E-state index contributed by atoms with van der Waals surface area (Å²) in [5.41, 5.74) is 2.18. The number of hydrogen-bond acceptors (Lipinski definition) is 6. The summed E-state index contributed by atoms with van der Waals surface area (Å²) in [5.74, 6) is 0.864. The Bertz CT molecular complexity index is 947. The summed E-state index contributed by atoms with van der Waals surface area (Å²) in [6.07, 6.45) is 6.02. The van der Waals surface area contributed by atoms with Crippen LogP contribution in [0.2, 0.25) is 5.02 Å². The Morgan fingerprint density at radius 3 is 2.76 bits per heavy atom. The fourth-order valence-corrected chi connectivity index (χ4v) is 4.27. The molecule has 0 bridgehead atoms. The normalized spacial score (nSPS) is 16.6. The summed E-state index contributed by atoms with van der Waals surface area (Å²) in [4.78, 5) is 23.5. The van der Waals surface area contributed by atoms with Crippen LogP contribution in [0.5, 0.6) is 0 Å². The SMILES string of the molecule is O=C(NCc1ccncc1)C1CCCN(c2nc(Cc3ccc(Cl)cc3)ns2)C1. The van der Waals surface area contributed by atoms with Crippen molar-refractivity contribution in [2.24, 2.45) is 5.92 Å². The van der Waals surface area contributed by atoms with Crippen LogP contribution in [0.3, 0.4) is 0 Å². The lowest BCUT2D eigenvalue weighted by Crippen LogP contribution is -2.43. The van der Waals surface area contributed by atoms with Gasteiger partial charge in [-0.2, -0.15) is 4.37 Å². The molecular formula is C21H22ClN5OS. The van der Waals surface area contributed by atoms with Crippen LogP contribution in [0.4, 0.5) is 5.13 Å². The molecule has 4 rings (SSSR count). The van der Waals surface area contributed by atoms with E-state index in [1.807, 2.05) is 36.4 Å². The molecule has 2 aromatic heterocycles. The van der Waals surface area contributed by atoms with Crippen molar-refractivity contribution in [3.05, 3.63) is 70.8 Å². The molecule has 8 heteroatoms. The van der Waals surface area contributed by atoms with E-state index in [1.165, 1.54) is 11.5 Å². The van der Waals surface area contributed by atoms with E-state index in [0.717, 1.165) is 46.5 Å². The van der Waals surface area contributed by atoms with E-state index in [2.05, 4.69) is 19.6 Å². The van der Waals surface area contributed by atoms with Gasteiger partial charge in [-0.1, -0.05) is 23.7 Å². The van der Waals surface area contributed by atoms with E-state index in [1.54, 1.807) is 12.4 Å². The number of carbonyl (C=O) groups excluding carboxylic acids is 1. The molecule has 3 heterocycles. The number of aromatic nitrogens is 3. The van der Waals surface area contributed by atoms with E-state index < -0.39 is 0 Å². The number of amides is 1. The first-order chi connectivity index (χ1) is 14.2. The zero-order valence-electron chi connectivity index (χ0n) is 15.9. The molecule has 0 aliphatic carbocycles. The summed E-state index contributed by atoms with van der Waals surface area (Å²) in [6.45, 7) is 2.11. The van der Waals surface area contributed by atoms with Crippen molar-refractivity contribution >= 4 is 34.2 Å². The summed E-state index contributed by atoms with van der Waals surface area (Å²) in [7, 11) is 0. The highest BCUT2D eigenvalue weighted by molar-refractivity contribution is 7.09. The number of piperidine rings is 1. The molecule has 1 saturated heterocycles. The zero-order valence-corrected chi connectivity index (χ0v) is 17.5. The predicted octanol–water partition coefficient (Wildman–Crippen LogP) is 3.71. The number of rotatable bonds is 6. The minimum Gasteiger partial charge on any atom is -0.352 e. The molecule has 29 heavy (non-hydrogen) atoms. The highest BCUT2D eigenvalue weighted by Crippen LogP contribution is 2.25. The molecule has 6 nitrogen and oxygen atoms in total. The van der Waals surface area contributed by atoms with Gasteiger partial charge in [-0.05, 0) is 48.2 Å². The molecular weight excluding hydrogens is 406 g/mol. The standard InChI is InChI=1S/C21H22ClN5OS/c22-18-5-3-15(4-6-18)12-19-25-21(29-26-19)27-11-1-2-17(14-27)20(28)24-13-16-7-9-23-10-8-16/h3-10,17H,1-2,11-14H2,(H,24,28). The first kappa shape index (κ1) is 19.8. The van der Waals surface area contributed by atoms with Crippen LogP contribution in [0, 0.1) is 5.92 Å². The predicted molar refractivity (Wildman–Crippen MR) is 115 cm³/mol. The summed E-state index contributed by atoms with van der Waals surface area (Å²) in [5, 5.41) is 4.66. The summed E-state index contributed by atoms with van der Waals surface area (Å²) >= 11 is 7.35. The smallest absolute Gasteiger partial charge is 0.225 e. The Balaban J connectivity index is 1.34. The van der Waals surface area contributed by atoms with Gasteiger partial charge in [0, 0.05) is 55.0 Å². The van der Waals surface area contributed by atoms with Gasteiger partial charge in [-0.15, -0.1) is 0 Å². The van der Waals surface area contributed by atoms with E-state index >= 15 is 0 Å². The highest BCUT2D eigenvalue weighted by Gasteiger charge is 2.27. The zero-order chi connectivity index (χ0) is 20.1. The fraction of sp³-hybridized carbons (Fsp3) is 0.333.